The highest BCUT2D eigenvalue weighted by Crippen LogP contribution is 2.17. The average molecular weight is 162 g/mol. The maximum absolute atomic E-state index is 5.54. The zero-order valence-corrected chi connectivity index (χ0v) is 6.78. The second-order valence-corrected chi connectivity index (χ2v) is 2.70. The maximum atomic E-state index is 5.54. The smallest absolute Gasteiger partial charge is 0.143 e. The summed E-state index contributed by atoms with van der Waals surface area (Å²) in [6, 6.07) is 1.96. The van der Waals surface area contributed by atoms with Crippen molar-refractivity contribution in [3.8, 4) is 11.4 Å². The SMILES string of the molecule is Cn1cc(N)nc1-c1cc[nH]c1. The van der Waals surface area contributed by atoms with E-state index in [9.17, 15) is 0 Å². The summed E-state index contributed by atoms with van der Waals surface area (Å²) in [5.74, 6) is 1.43. The number of aromatic nitrogens is 3. The van der Waals surface area contributed by atoms with E-state index >= 15 is 0 Å². The highest BCUT2D eigenvalue weighted by Gasteiger charge is 2.04. The van der Waals surface area contributed by atoms with Crippen LogP contribution in [0.2, 0.25) is 0 Å². The summed E-state index contributed by atoms with van der Waals surface area (Å²) in [5, 5.41) is 0. The van der Waals surface area contributed by atoms with Crippen molar-refractivity contribution in [1.82, 2.24) is 14.5 Å². The number of anilines is 1. The molecule has 0 radical (unpaired) electrons. The molecule has 2 aromatic rings. The van der Waals surface area contributed by atoms with Gasteiger partial charge in [-0.2, -0.15) is 0 Å². The standard InChI is InChI=1S/C8H10N4/c1-12-5-7(9)11-8(12)6-2-3-10-4-6/h2-5,10H,9H2,1H3. The van der Waals surface area contributed by atoms with E-state index in [2.05, 4.69) is 9.97 Å². The lowest BCUT2D eigenvalue weighted by atomic mass is 10.3. The van der Waals surface area contributed by atoms with Gasteiger partial charge in [0, 0.05) is 31.2 Å². The molecular weight excluding hydrogens is 152 g/mol. The largest absolute Gasteiger partial charge is 0.382 e. The second kappa shape index (κ2) is 2.41. The predicted octanol–water partition coefficient (Wildman–Crippen LogP) is 0.997. The molecule has 62 valence electrons. The first kappa shape index (κ1) is 6.97. The molecule has 0 aromatic carbocycles. The van der Waals surface area contributed by atoms with Crippen LogP contribution in [0.5, 0.6) is 0 Å². The molecule has 0 amide bonds. The summed E-state index contributed by atoms with van der Waals surface area (Å²) in [5.41, 5.74) is 6.59. The molecule has 0 aliphatic carbocycles. The van der Waals surface area contributed by atoms with E-state index in [1.165, 1.54) is 0 Å². The van der Waals surface area contributed by atoms with Crippen LogP contribution in [0.3, 0.4) is 0 Å². The van der Waals surface area contributed by atoms with Gasteiger partial charge in [0.1, 0.15) is 11.6 Å². The van der Waals surface area contributed by atoms with Crippen LogP contribution in [0, 0.1) is 0 Å². The molecule has 4 heteroatoms. The Morgan fingerprint density at radius 2 is 2.42 bits per heavy atom. The van der Waals surface area contributed by atoms with E-state index in [0.717, 1.165) is 11.4 Å². The van der Waals surface area contributed by atoms with Gasteiger partial charge in [0.2, 0.25) is 0 Å². The fourth-order valence-corrected chi connectivity index (χ4v) is 1.22. The Morgan fingerprint density at radius 3 is 2.92 bits per heavy atom. The molecule has 2 heterocycles. The monoisotopic (exact) mass is 162 g/mol. The first-order valence-electron chi connectivity index (χ1n) is 3.69. The third-order valence-electron chi connectivity index (χ3n) is 1.75. The highest BCUT2D eigenvalue weighted by atomic mass is 15.1. The molecule has 0 aliphatic rings. The molecule has 3 N–H and O–H groups in total. The van der Waals surface area contributed by atoms with Crippen molar-refractivity contribution >= 4 is 5.82 Å². The van der Waals surface area contributed by atoms with Crippen LogP contribution < -0.4 is 5.73 Å². The number of imidazole rings is 1. The number of hydrogen-bond acceptors (Lipinski definition) is 2. The maximum Gasteiger partial charge on any atom is 0.143 e. The van der Waals surface area contributed by atoms with Gasteiger partial charge in [0.05, 0.1) is 0 Å². The molecule has 2 aromatic heterocycles. The van der Waals surface area contributed by atoms with Crippen molar-refractivity contribution in [2.24, 2.45) is 7.05 Å². The van der Waals surface area contributed by atoms with E-state index in [0.29, 0.717) is 5.82 Å². The van der Waals surface area contributed by atoms with E-state index < -0.39 is 0 Å². The van der Waals surface area contributed by atoms with Crippen molar-refractivity contribution in [2.75, 3.05) is 5.73 Å². The third-order valence-corrected chi connectivity index (χ3v) is 1.75. The molecule has 0 saturated heterocycles. The Bertz CT molecular complexity index is 372. The minimum Gasteiger partial charge on any atom is -0.382 e. The Balaban J connectivity index is 2.54. The van der Waals surface area contributed by atoms with Gasteiger partial charge in [-0.1, -0.05) is 0 Å². The van der Waals surface area contributed by atoms with Gasteiger partial charge in [-0.15, -0.1) is 0 Å². The number of nitrogens with two attached hydrogens (primary N) is 1. The highest BCUT2D eigenvalue weighted by molar-refractivity contribution is 5.56. The summed E-state index contributed by atoms with van der Waals surface area (Å²) in [6.07, 6.45) is 5.55. The van der Waals surface area contributed by atoms with Crippen LogP contribution in [-0.4, -0.2) is 14.5 Å². The van der Waals surface area contributed by atoms with E-state index in [-0.39, 0.29) is 0 Å². The Kier molecular flexibility index (Phi) is 1.40. The lowest BCUT2D eigenvalue weighted by molar-refractivity contribution is 0.925. The van der Waals surface area contributed by atoms with Crippen molar-refractivity contribution < 1.29 is 0 Å². The van der Waals surface area contributed by atoms with Crippen molar-refractivity contribution in [2.45, 2.75) is 0 Å². The molecule has 0 saturated carbocycles. The quantitative estimate of drug-likeness (QED) is 0.657. The zero-order valence-electron chi connectivity index (χ0n) is 6.78. The van der Waals surface area contributed by atoms with Gasteiger partial charge in [-0.05, 0) is 6.07 Å². The third kappa shape index (κ3) is 0.972. The fourth-order valence-electron chi connectivity index (χ4n) is 1.22. The van der Waals surface area contributed by atoms with Crippen LogP contribution in [0.1, 0.15) is 0 Å². The summed E-state index contributed by atoms with van der Waals surface area (Å²) >= 11 is 0. The van der Waals surface area contributed by atoms with Crippen LogP contribution in [-0.2, 0) is 7.05 Å². The Hall–Kier alpha value is -1.71. The number of nitrogens with zero attached hydrogens (tertiary/aromatic N) is 2. The number of H-pyrrole nitrogens is 1. The first-order chi connectivity index (χ1) is 5.77. The van der Waals surface area contributed by atoms with Gasteiger partial charge in [0.25, 0.3) is 0 Å². The van der Waals surface area contributed by atoms with Gasteiger partial charge < -0.3 is 15.3 Å². The summed E-state index contributed by atoms with van der Waals surface area (Å²) < 4.78 is 1.90. The molecule has 0 aliphatic heterocycles. The summed E-state index contributed by atoms with van der Waals surface area (Å²) in [7, 11) is 1.92. The molecule has 0 unspecified atom stereocenters. The number of hydrogen-bond donors (Lipinski definition) is 2. The molecule has 2 rings (SSSR count). The van der Waals surface area contributed by atoms with Gasteiger partial charge in [0.15, 0.2) is 0 Å². The molecule has 0 bridgehead atoms. The molecule has 0 atom stereocenters. The lowest BCUT2D eigenvalue weighted by Crippen LogP contribution is -1.88. The minimum atomic E-state index is 0.550. The number of rotatable bonds is 1. The van der Waals surface area contributed by atoms with Crippen molar-refractivity contribution in [3.63, 3.8) is 0 Å². The van der Waals surface area contributed by atoms with Crippen molar-refractivity contribution in [3.05, 3.63) is 24.7 Å². The van der Waals surface area contributed by atoms with Gasteiger partial charge in [-0.25, -0.2) is 4.98 Å². The number of aryl methyl sites for hydroxylation is 1. The van der Waals surface area contributed by atoms with Crippen LogP contribution in [0.15, 0.2) is 24.7 Å². The summed E-state index contributed by atoms with van der Waals surface area (Å²) in [4.78, 5) is 7.14. The summed E-state index contributed by atoms with van der Waals surface area (Å²) in [6.45, 7) is 0. The van der Waals surface area contributed by atoms with Crippen molar-refractivity contribution in [1.29, 1.82) is 0 Å². The predicted molar refractivity (Wildman–Crippen MR) is 47.4 cm³/mol. The molecule has 0 fully saturated rings. The fraction of sp³-hybridized carbons (Fsp3) is 0.125. The topological polar surface area (TPSA) is 59.6 Å². The van der Waals surface area contributed by atoms with Crippen LogP contribution in [0.4, 0.5) is 5.82 Å². The van der Waals surface area contributed by atoms with Crippen LogP contribution in [0.25, 0.3) is 11.4 Å². The zero-order chi connectivity index (χ0) is 8.55. The molecular formula is C8H10N4. The number of nitrogens with one attached hydrogen (secondary N) is 1. The second-order valence-electron chi connectivity index (χ2n) is 2.70. The minimum absolute atomic E-state index is 0.550. The lowest BCUT2D eigenvalue weighted by Gasteiger charge is -1.95. The average Bonchev–Trinajstić information content (AvgIpc) is 2.58. The van der Waals surface area contributed by atoms with Gasteiger partial charge in [-0.3, -0.25) is 0 Å². The number of aromatic amines is 1. The van der Waals surface area contributed by atoms with Crippen LogP contribution >= 0.6 is 0 Å². The normalized spacial score (nSPS) is 10.4. The Morgan fingerprint density at radius 1 is 1.58 bits per heavy atom. The van der Waals surface area contributed by atoms with E-state index in [1.54, 1.807) is 6.20 Å². The number of nitrogen functional groups attached to an aromatic ring is 1. The molecule has 4 nitrogen and oxygen atoms in total. The molecule has 0 spiro atoms. The van der Waals surface area contributed by atoms with E-state index in [1.807, 2.05) is 30.1 Å². The molecule has 12 heavy (non-hydrogen) atoms. The van der Waals surface area contributed by atoms with E-state index in [4.69, 9.17) is 5.73 Å². The van der Waals surface area contributed by atoms with Gasteiger partial charge >= 0.3 is 0 Å². The first-order valence-corrected chi connectivity index (χ1v) is 3.69. The Labute approximate surface area is 70.0 Å².